The predicted molar refractivity (Wildman–Crippen MR) is 77.2 cm³/mol. The van der Waals surface area contributed by atoms with Gasteiger partial charge in [0.2, 0.25) is 0 Å². The van der Waals surface area contributed by atoms with E-state index in [1.807, 2.05) is 0 Å². The minimum absolute atomic E-state index is 0.0271. The van der Waals surface area contributed by atoms with Crippen molar-refractivity contribution in [2.24, 2.45) is 5.41 Å². The second-order valence-electron chi connectivity index (χ2n) is 4.65. The standard InChI is InChI=1S/C13H16BrFN2O3/c1-3-13(2,11(18)19)7-16-12(20)17-10-5-4-8(14)6-9(10)15/h4-6H,3,7H2,1-2H3,(H,18,19)(H2,16,17,20). The fourth-order valence-electron chi connectivity index (χ4n) is 1.38. The van der Waals surface area contributed by atoms with Gasteiger partial charge >= 0.3 is 12.0 Å². The summed E-state index contributed by atoms with van der Waals surface area (Å²) >= 11 is 3.11. The molecule has 7 heteroatoms. The number of urea groups is 1. The van der Waals surface area contributed by atoms with Crippen molar-refractivity contribution in [1.82, 2.24) is 5.32 Å². The molecule has 0 aromatic heterocycles. The lowest BCUT2D eigenvalue weighted by atomic mass is 9.88. The quantitative estimate of drug-likeness (QED) is 0.765. The molecule has 1 atom stereocenters. The summed E-state index contributed by atoms with van der Waals surface area (Å²) in [5.41, 5.74) is -1.02. The monoisotopic (exact) mass is 346 g/mol. The first-order chi connectivity index (χ1) is 9.28. The van der Waals surface area contributed by atoms with Gasteiger partial charge in [-0.3, -0.25) is 4.79 Å². The zero-order chi connectivity index (χ0) is 15.3. The van der Waals surface area contributed by atoms with Crippen LogP contribution in [0.15, 0.2) is 22.7 Å². The van der Waals surface area contributed by atoms with E-state index in [0.717, 1.165) is 0 Å². The van der Waals surface area contributed by atoms with Gasteiger partial charge in [0.1, 0.15) is 5.82 Å². The lowest BCUT2D eigenvalue weighted by molar-refractivity contribution is -0.147. The van der Waals surface area contributed by atoms with Gasteiger partial charge in [-0.25, -0.2) is 9.18 Å². The zero-order valence-electron chi connectivity index (χ0n) is 11.2. The predicted octanol–water partition coefficient (Wildman–Crippen LogP) is 3.21. The summed E-state index contributed by atoms with van der Waals surface area (Å²) in [5.74, 6) is -1.57. The van der Waals surface area contributed by atoms with Crippen molar-refractivity contribution >= 4 is 33.6 Å². The summed E-state index contributed by atoms with van der Waals surface area (Å²) in [7, 11) is 0. The van der Waals surface area contributed by atoms with E-state index in [0.29, 0.717) is 10.9 Å². The normalized spacial score (nSPS) is 13.4. The molecule has 0 saturated carbocycles. The molecule has 5 nitrogen and oxygen atoms in total. The smallest absolute Gasteiger partial charge is 0.319 e. The van der Waals surface area contributed by atoms with Gasteiger partial charge in [-0.2, -0.15) is 0 Å². The van der Waals surface area contributed by atoms with Crippen LogP contribution in [0.5, 0.6) is 0 Å². The number of carbonyl (C=O) groups is 2. The average Bonchev–Trinajstić information content (AvgIpc) is 2.39. The van der Waals surface area contributed by atoms with Crippen molar-refractivity contribution in [3.05, 3.63) is 28.5 Å². The summed E-state index contributed by atoms with van der Waals surface area (Å²) in [4.78, 5) is 22.7. The molecule has 20 heavy (non-hydrogen) atoms. The van der Waals surface area contributed by atoms with Gasteiger partial charge in [0.15, 0.2) is 0 Å². The Morgan fingerprint density at radius 1 is 1.45 bits per heavy atom. The number of carboxylic acid groups (broad SMARTS) is 1. The number of rotatable bonds is 5. The molecule has 110 valence electrons. The van der Waals surface area contributed by atoms with E-state index >= 15 is 0 Å². The number of anilines is 1. The first kappa shape index (κ1) is 16.4. The minimum Gasteiger partial charge on any atom is -0.481 e. The minimum atomic E-state index is -1.05. The lowest BCUT2D eigenvalue weighted by Gasteiger charge is -2.23. The van der Waals surface area contributed by atoms with E-state index in [-0.39, 0.29) is 12.2 Å². The van der Waals surface area contributed by atoms with Crippen LogP contribution in [-0.4, -0.2) is 23.7 Å². The maximum Gasteiger partial charge on any atom is 0.319 e. The molecule has 0 fully saturated rings. The third kappa shape index (κ3) is 4.19. The second-order valence-corrected chi connectivity index (χ2v) is 5.57. The number of benzene rings is 1. The number of carboxylic acids is 1. The summed E-state index contributed by atoms with van der Waals surface area (Å²) < 4.78 is 14.1. The molecule has 1 aromatic rings. The van der Waals surface area contributed by atoms with Crippen molar-refractivity contribution in [2.75, 3.05) is 11.9 Å². The van der Waals surface area contributed by atoms with Gasteiger partial charge < -0.3 is 15.7 Å². The molecule has 1 unspecified atom stereocenters. The SMILES string of the molecule is CCC(C)(CNC(=O)Nc1ccc(Br)cc1F)C(=O)O. The highest BCUT2D eigenvalue weighted by atomic mass is 79.9. The molecule has 3 N–H and O–H groups in total. The van der Waals surface area contributed by atoms with Crippen LogP contribution in [-0.2, 0) is 4.79 Å². The number of hydrogen-bond acceptors (Lipinski definition) is 2. The van der Waals surface area contributed by atoms with Crippen LogP contribution in [0.4, 0.5) is 14.9 Å². The Hall–Kier alpha value is -1.63. The highest BCUT2D eigenvalue weighted by molar-refractivity contribution is 9.10. The van der Waals surface area contributed by atoms with Crippen molar-refractivity contribution in [2.45, 2.75) is 20.3 Å². The number of amides is 2. The number of carbonyl (C=O) groups excluding carboxylic acids is 1. The molecule has 0 bridgehead atoms. The van der Waals surface area contributed by atoms with E-state index in [2.05, 4.69) is 26.6 Å². The highest BCUT2D eigenvalue weighted by Crippen LogP contribution is 2.21. The number of hydrogen-bond donors (Lipinski definition) is 3. The molecular formula is C13H16BrFN2O3. The van der Waals surface area contributed by atoms with Crippen molar-refractivity contribution in [3.8, 4) is 0 Å². The van der Waals surface area contributed by atoms with Gasteiger partial charge in [0.25, 0.3) is 0 Å². The van der Waals surface area contributed by atoms with Gasteiger partial charge in [-0.15, -0.1) is 0 Å². The third-order valence-electron chi connectivity index (χ3n) is 3.12. The van der Waals surface area contributed by atoms with Gasteiger partial charge in [-0.1, -0.05) is 22.9 Å². The Bertz CT molecular complexity index is 524. The number of nitrogens with one attached hydrogen (secondary N) is 2. The van der Waals surface area contributed by atoms with E-state index in [1.165, 1.54) is 19.1 Å². The molecule has 0 spiro atoms. The van der Waals surface area contributed by atoms with Crippen molar-refractivity contribution in [1.29, 1.82) is 0 Å². The van der Waals surface area contributed by atoms with Crippen molar-refractivity contribution < 1.29 is 19.1 Å². The summed E-state index contributed by atoms with van der Waals surface area (Å²) in [6, 6.07) is 3.58. The molecule has 0 aliphatic carbocycles. The second kappa shape index (κ2) is 6.69. The van der Waals surface area contributed by atoms with Crippen LogP contribution in [0.1, 0.15) is 20.3 Å². The molecule has 1 rings (SSSR count). The Morgan fingerprint density at radius 3 is 2.60 bits per heavy atom. The number of halogens is 2. The summed E-state index contributed by atoms with van der Waals surface area (Å²) in [6.45, 7) is 3.22. The lowest BCUT2D eigenvalue weighted by Crippen LogP contribution is -2.42. The van der Waals surface area contributed by atoms with E-state index in [9.17, 15) is 14.0 Å². The van der Waals surface area contributed by atoms with E-state index < -0.39 is 23.2 Å². The van der Waals surface area contributed by atoms with Crippen LogP contribution in [0, 0.1) is 11.2 Å². The van der Waals surface area contributed by atoms with Crippen molar-refractivity contribution in [3.63, 3.8) is 0 Å². The number of aliphatic carboxylic acids is 1. The Labute approximate surface area is 124 Å². The molecule has 2 amide bonds. The van der Waals surface area contributed by atoms with E-state index in [4.69, 9.17) is 5.11 Å². The highest BCUT2D eigenvalue weighted by Gasteiger charge is 2.31. The molecule has 0 radical (unpaired) electrons. The first-order valence-electron chi connectivity index (χ1n) is 6.02. The molecule has 0 aliphatic rings. The van der Waals surface area contributed by atoms with E-state index in [1.54, 1.807) is 13.0 Å². The van der Waals surface area contributed by atoms with Crippen LogP contribution >= 0.6 is 15.9 Å². The molecular weight excluding hydrogens is 331 g/mol. The summed E-state index contributed by atoms with van der Waals surface area (Å²) in [6.07, 6.45) is 0.370. The molecule has 0 heterocycles. The van der Waals surface area contributed by atoms with Crippen LogP contribution in [0.25, 0.3) is 0 Å². The Morgan fingerprint density at radius 2 is 2.10 bits per heavy atom. The maximum absolute atomic E-state index is 13.5. The fourth-order valence-corrected chi connectivity index (χ4v) is 1.72. The average molecular weight is 347 g/mol. The Balaban J connectivity index is 2.62. The van der Waals surface area contributed by atoms with Crippen LogP contribution in [0.2, 0.25) is 0 Å². The fraction of sp³-hybridized carbons (Fsp3) is 0.385. The van der Waals surface area contributed by atoms with Crippen LogP contribution < -0.4 is 10.6 Å². The largest absolute Gasteiger partial charge is 0.481 e. The van der Waals surface area contributed by atoms with Gasteiger partial charge in [0, 0.05) is 11.0 Å². The molecule has 0 saturated heterocycles. The Kier molecular flexibility index (Phi) is 5.50. The van der Waals surface area contributed by atoms with Gasteiger partial charge in [-0.05, 0) is 31.5 Å². The van der Waals surface area contributed by atoms with Crippen LogP contribution in [0.3, 0.4) is 0 Å². The van der Waals surface area contributed by atoms with Gasteiger partial charge in [0.05, 0.1) is 11.1 Å². The first-order valence-corrected chi connectivity index (χ1v) is 6.81. The zero-order valence-corrected chi connectivity index (χ0v) is 12.8. The summed E-state index contributed by atoms with van der Waals surface area (Å²) in [5, 5.41) is 13.8. The topological polar surface area (TPSA) is 78.4 Å². The molecule has 0 aliphatic heterocycles. The molecule has 1 aromatic carbocycles. The third-order valence-corrected chi connectivity index (χ3v) is 3.61. The maximum atomic E-state index is 13.5.